The van der Waals surface area contributed by atoms with Crippen molar-refractivity contribution in [2.75, 3.05) is 0 Å². The van der Waals surface area contributed by atoms with E-state index in [0.29, 0.717) is 18.3 Å². The van der Waals surface area contributed by atoms with Gasteiger partial charge in [-0.05, 0) is 55.5 Å². The first-order valence-corrected chi connectivity index (χ1v) is 11.7. The van der Waals surface area contributed by atoms with Gasteiger partial charge >= 0.3 is 0 Å². The molecule has 2 amide bonds. The van der Waals surface area contributed by atoms with Crippen LogP contribution in [0.1, 0.15) is 55.7 Å². The first-order valence-electron chi connectivity index (χ1n) is 11.7. The Labute approximate surface area is 192 Å². The van der Waals surface area contributed by atoms with Crippen LogP contribution in [-0.4, -0.2) is 37.8 Å². The van der Waals surface area contributed by atoms with E-state index in [1.807, 2.05) is 35.8 Å². The molecule has 0 saturated heterocycles. The molecular formula is C26H29FN4O2. The highest BCUT2D eigenvalue weighted by Crippen LogP contribution is 2.33. The fourth-order valence-electron chi connectivity index (χ4n) is 5.20. The van der Waals surface area contributed by atoms with Gasteiger partial charge in [0.1, 0.15) is 11.4 Å². The summed E-state index contributed by atoms with van der Waals surface area (Å²) in [7, 11) is 0. The molecule has 7 heteroatoms. The Morgan fingerprint density at radius 1 is 1.15 bits per heavy atom. The minimum absolute atomic E-state index is 0.103. The zero-order chi connectivity index (χ0) is 23.2. The van der Waals surface area contributed by atoms with Crippen LogP contribution in [0.25, 0.3) is 11.0 Å². The van der Waals surface area contributed by atoms with Gasteiger partial charge in [0.25, 0.3) is 5.91 Å². The molecule has 1 aromatic heterocycles. The van der Waals surface area contributed by atoms with Crippen molar-refractivity contribution in [1.29, 1.82) is 0 Å². The highest BCUT2D eigenvalue weighted by molar-refractivity contribution is 6.01. The molecule has 172 valence electrons. The van der Waals surface area contributed by atoms with Crippen LogP contribution in [0.15, 0.2) is 48.5 Å². The summed E-state index contributed by atoms with van der Waals surface area (Å²) < 4.78 is 15.3. The van der Waals surface area contributed by atoms with Crippen molar-refractivity contribution in [3.05, 3.63) is 65.7 Å². The van der Waals surface area contributed by atoms with Gasteiger partial charge in [0.05, 0.1) is 17.6 Å². The van der Waals surface area contributed by atoms with E-state index < -0.39 is 5.54 Å². The largest absolute Gasteiger partial charge is 0.351 e. The number of nitrogens with one attached hydrogen (secondary N) is 1. The molecule has 1 N–H and O–H groups in total. The number of hydrogen-bond donors (Lipinski definition) is 1. The SMILES string of the molecule is C[C@@H]1CCCC[C@H]1NC(=O)[C@@]1(C)Cn2c(nc3ccccc32)C(=O)N1Cc1ccc(F)cc1. The van der Waals surface area contributed by atoms with E-state index >= 15 is 0 Å². The number of carbonyl (C=O) groups is 2. The third kappa shape index (κ3) is 3.79. The normalized spacial score (nSPS) is 25.2. The minimum Gasteiger partial charge on any atom is -0.351 e. The van der Waals surface area contributed by atoms with Gasteiger partial charge in [0.15, 0.2) is 5.82 Å². The molecule has 2 aromatic carbocycles. The molecule has 0 bridgehead atoms. The Hall–Kier alpha value is -3.22. The number of hydrogen-bond acceptors (Lipinski definition) is 3. The molecule has 0 radical (unpaired) electrons. The van der Waals surface area contributed by atoms with Crippen molar-refractivity contribution < 1.29 is 14.0 Å². The van der Waals surface area contributed by atoms with Crippen molar-refractivity contribution >= 4 is 22.8 Å². The molecule has 2 aliphatic rings. The molecule has 33 heavy (non-hydrogen) atoms. The summed E-state index contributed by atoms with van der Waals surface area (Å²) in [6.45, 7) is 4.51. The van der Waals surface area contributed by atoms with Crippen LogP contribution in [0, 0.1) is 11.7 Å². The lowest BCUT2D eigenvalue weighted by atomic mass is 9.85. The standard InChI is InChI=1S/C26H29FN4O2/c1-17-7-3-4-8-20(17)29-25(33)26(2)16-30-22-10-6-5-9-21(22)28-23(30)24(32)31(26)15-18-11-13-19(27)14-12-18/h5-6,9-14,17,20H,3-4,7-8,15-16H2,1-2H3,(H,29,33)/t17-,20-,26-/m1/s1. The Balaban J connectivity index is 1.54. The summed E-state index contributed by atoms with van der Waals surface area (Å²) in [5.74, 6) is -0.0519. The Bertz CT molecular complexity index is 1200. The fraction of sp³-hybridized carbons (Fsp3) is 0.423. The van der Waals surface area contributed by atoms with Gasteiger partial charge in [-0.2, -0.15) is 0 Å². The maximum absolute atomic E-state index is 13.8. The lowest BCUT2D eigenvalue weighted by Crippen LogP contribution is -2.65. The van der Waals surface area contributed by atoms with Crippen LogP contribution >= 0.6 is 0 Å². The van der Waals surface area contributed by atoms with E-state index in [2.05, 4.69) is 17.2 Å². The highest BCUT2D eigenvalue weighted by Gasteiger charge is 2.49. The molecule has 6 nitrogen and oxygen atoms in total. The van der Waals surface area contributed by atoms with Gasteiger partial charge < -0.3 is 14.8 Å². The maximum Gasteiger partial charge on any atom is 0.291 e. The van der Waals surface area contributed by atoms with Crippen LogP contribution in [0.3, 0.4) is 0 Å². The third-order valence-corrected chi connectivity index (χ3v) is 7.32. The summed E-state index contributed by atoms with van der Waals surface area (Å²) in [4.78, 5) is 33.7. The van der Waals surface area contributed by atoms with Crippen LogP contribution in [-0.2, 0) is 17.9 Å². The van der Waals surface area contributed by atoms with E-state index in [0.717, 1.165) is 35.9 Å². The van der Waals surface area contributed by atoms with E-state index in [1.54, 1.807) is 17.0 Å². The first kappa shape index (κ1) is 21.6. The van der Waals surface area contributed by atoms with Crippen molar-refractivity contribution in [2.45, 2.75) is 64.2 Å². The first-order chi connectivity index (χ1) is 15.9. The summed E-state index contributed by atoms with van der Waals surface area (Å²) in [5, 5.41) is 3.27. The van der Waals surface area contributed by atoms with Crippen molar-refractivity contribution in [3.8, 4) is 0 Å². The summed E-state index contributed by atoms with van der Waals surface area (Å²) in [6, 6.07) is 13.8. The Kier molecular flexibility index (Phi) is 5.43. The number of benzene rings is 2. The number of fused-ring (bicyclic) bond motifs is 3. The van der Waals surface area contributed by atoms with Crippen LogP contribution in [0.4, 0.5) is 4.39 Å². The summed E-state index contributed by atoms with van der Waals surface area (Å²) >= 11 is 0. The van der Waals surface area contributed by atoms with Gasteiger partial charge in [0.2, 0.25) is 5.91 Å². The number of amides is 2. The predicted octanol–water partition coefficient (Wildman–Crippen LogP) is 4.29. The van der Waals surface area contributed by atoms with E-state index in [9.17, 15) is 14.0 Å². The fourth-order valence-corrected chi connectivity index (χ4v) is 5.20. The lowest BCUT2D eigenvalue weighted by molar-refractivity contribution is -0.134. The third-order valence-electron chi connectivity index (χ3n) is 7.32. The number of carbonyl (C=O) groups excluding carboxylic acids is 2. The van der Waals surface area contributed by atoms with E-state index in [4.69, 9.17) is 0 Å². The van der Waals surface area contributed by atoms with Crippen LogP contribution < -0.4 is 5.32 Å². The lowest BCUT2D eigenvalue weighted by Gasteiger charge is -2.44. The molecule has 2 heterocycles. The predicted molar refractivity (Wildman–Crippen MR) is 124 cm³/mol. The number of para-hydroxylation sites is 2. The molecule has 0 spiro atoms. The average Bonchev–Trinajstić information content (AvgIpc) is 3.18. The molecule has 5 rings (SSSR count). The molecule has 1 fully saturated rings. The quantitative estimate of drug-likeness (QED) is 0.648. The van der Waals surface area contributed by atoms with Gasteiger partial charge in [-0.1, -0.05) is 44.0 Å². The zero-order valence-electron chi connectivity index (χ0n) is 19.1. The number of nitrogens with zero attached hydrogens (tertiary/aromatic N) is 3. The van der Waals surface area contributed by atoms with Crippen molar-refractivity contribution in [3.63, 3.8) is 0 Å². The van der Waals surface area contributed by atoms with Crippen LogP contribution in [0.5, 0.6) is 0 Å². The highest BCUT2D eigenvalue weighted by atomic mass is 19.1. The topological polar surface area (TPSA) is 67.2 Å². The van der Waals surface area contributed by atoms with Crippen LogP contribution in [0.2, 0.25) is 0 Å². The molecular weight excluding hydrogens is 419 g/mol. The summed E-state index contributed by atoms with van der Waals surface area (Å²) in [5.41, 5.74) is 1.22. The molecule has 3 aromatic rings. The molecule has 1 aliphatic carbocycles. The second-order valence-electron chi connectivity index (χ2n) is 9.64. The monoisotopic (exact) mass is 448 g/mol. The Morgan fingerprint density at radius 2 is 1.88 bits per heavy atom. The van der Waals surface area contributed by atoms with Gasteiger partial charge in [0, 0.05) is 12.6 Å². The second kappa shape index (κ2) is 8.28. The maximum atomic E-state index is 13.8. The number of aromatic nitrogens is 2. The van der Waals surface area contributed by atoms with Crippen molar-refractivity contribution in [1.82, 2.24) is 19.8 Å². The number of imidazole rings is 1. The van der Waals surface area contributed by atoms with Crippen molar-refractivity contribution in [2.24, 2.45) is 5.92 Å². The minimum atomic E-state index is -1.11. The van der Waals surface area contributed by atoms with E-state index in [1.165, 1.54) is 18.6 Å². The molecule has 0 unspecified atom stereocenters. The van der Waals surface area contributed by atoms with Gasteiger partial charge in [-0.3, -0.25) is 9.59 Å². The molecule has 1 aliphatic heterocycles. The van der Waals surface area contributed by atoms with Gasteiger partial charge in [-0.15, -0.1) is 0 Å². The zero-order valence-corrected chi connectivity index (χ0v) is 19.1. The summed E-state index contributed by atoms with van der Waals surface area (Å²) in [6.07, 6.45) is 4.33. The van der Waals surface area contributed by atoms with E-state index in [-0.39, 0.29) is 30.2 Å². The van der Waals surface area contributed by atoms with Gasteiger partial charge in [-0.25, -0.2) is 9.37 Å². The molecule has 1 saturated carbocycles. The Morgan fingerprint density at radius 3 is 2.64 bits per heavy atom. The number of rotatable bonds is 4. The second-order valence-corrected chi connectivity index (χ2v) is 9.64. The number of halogens is 1. The average molecular weight is 449 g/mol. The molecule has 3 atom stereocenters. The smallest absolute Gasteiger partial charge is 0.291 e.